The van der Waals surface area contributed by atoms with Crippen molar-refractivity contribution in [2.45, 2.75) is 0 Å². The molecule has 10 rings (SSSR count). The van der Waals surface area contributed by atoms with Gasteiger partial charge in [-0.05, 0) is 59.7 Å². The van der Waals surface area contributed by atoms with Gasteiger partial charge in [0, 0.05) is 38.7 Å². The van der Waals surface area contributed by atoms with Gasteiger partial charge in [0.05, 0.1) is 22.4 Å². The highest BCUT2D eigenvalue weighted by Crippen LogP contribution is 2.36. The van der Waals surface area contributed by atoms with Crippen LogP contribution in [0.3, 0.4) is 0 Å². The van der Waals surface area contributed by atoms with Crippen LogP contribution < -0.4 is 0 Å². The van der Waals surface area contributed by atoms with E-state index in [0.717, 1.165) is 72.6 Å². The molecule has 0 saturated carbocycles. The minimum absolute atomic E-state index is 0.618. The molecule has 52 heavy (non-hydrogen) atoms. The van der Waals surface area contributed by atoms with Crippen LogP contribution in [-0.4, -0.2) is 19.5 Å². The Morgan fingerprint density at radius 1 is 0.385 bits per heavy atom. The molecule has 0 unspecified atom stereocenters. The fourth-order valence-electron chi connectivity index (χ4n) is 7.08. The highest BCUT2D eigenvalue weighted by atomic mass is 16.3. The lowest BCUT2D eigenvalue weighted by Crippen LogP contribution is -1.96. The van der Waals surface area contributed by atoms with Gasteiger partial charge in [-0.25, -0.2) is 15.0 Å². The standard InChI is InChI=1S/C47H30N4O/c1-3-11-33(12-4-1)41-30-42(34-13-5-2-6-14-34)49-46(48-41)35-21-19-31(20-22-35)32-23-26-37(27-24-32)51-43-17-9-7-15-38(43)39-28-25-36(29-44(39)51)47-50-40-16-8-10-18-45(40)52-47/h1-30H. The summed E-state index contributed by atoms with van der Waals surface area (Å²) in [5, 5.41) is 2.39. The highest BCUT2D eigenvalue weighted by molar-refractivity contribution is 6.10. The molecule has 0 fully saturated rings. The monoisotopic (exact) mass is 666 g/mol. The molecule has 0 atom stereocenters. The van der Waals surface area contributed by atoms with Crippen LogP contribution in [0.5, 0.6) is 0 Å². The highest BCUT2D eigenvalue weighted by Gasteiger charge is 2.16. The molecule has 3 heterocycles. The Morgan fingerprint density at radius 3 is 1.63 bits per heavy atom. The van der Waals surface area contributed by atoms with E-state index < -0.39 is 0 Å². The summed E-state index contributed by atoms with van der Waals surface area (Å²) in [5.41, 5.74) is 13.1. The van der Waals surface area contributed by atoms with E-state index in [0.29, 0.717) is 11.7 Å². The molecule has 0 aliphatic carbocycles. The average molecular weight is 667 g/mol. The van der Waals surface area contributed by atoms with Gasteiger partial charge < -0.3 is 8.98 Å². The molecule has 10 aromatic rings. The van der Waals surface area contributed by atoms with Gasteiger partial charge in [0.15, 0.2) is 11.4 Å². The van der Waals surface area contributed by atoms with Crippen molar-refractivity contribution in [2.24, 2.45) is 0 Å². The summed E-state index contributed by atoms with van der Waals surface area (Å²) >= 11 is 0. The van der Waals surface area contributed by atoms with E-state index in [9.17, 15) is 0 Å². The number of rotatable bonds is 6. The van der Waals surface area contributed by atoms with Crippen LogP contribution in [0.4, 0.5) is 0 Å². The van der Waals surface area contributed by atoms with Crippen LogP contribution in [0.2, 0.25) is 0 Å². The van der Waals surface area contributed by atoms with Crippen molar-refractivity contribution in [2.75, 3.05) is 0 Å². The van der Waals surface area contributed by atoms with Crippen LogP contribution in [0.1, 0.15) is 0 Å². The summed E-state index contributed by atoms with van der Waals surface area (Å²) in [4.78, 5) is 14.8. The largest absolute Gasteiger partial charge is 0.436 e. The molecule has 7 aromatic carbocycles. The van der Waals surface area contributed by atoms with Crippen molar-refractivity contribution >= 4 is 32.9 Å². The number of fused-ring (bicyclic) bond motifs is 4. The second-order valence-corrected chi connectivity index (χ2v) is 12.9. The minimum atomic E-state index is 0.618. The van der Waals surface area contributed by atoms with E-state index in [2.05, 4.69) is 126 Å². The predicted molar refractivity (Wildman–Crippen MR) is 211 cm³/mol. The molecule has 3 aromatic heterocycles. The Balaban J connectivity index is 1.00. The lowest BCUT2D eigenvalue weighted by atomic mass is 10.0. The molecule has 0 spiro atoms. The van der Waals surface area contributed by atoms with Gasteiger partial charge in [-0.3, -0.25) is 0 Å². The zero-order valence-corrected chi connectivity index (χ0v) is 28.0. The van der Waals surface area contributed by atoms with Crippen molar-refractivity contribution < 1.29 is 4.42 Å². The molecule has 244 valence electrons. The van der Waals surface area contributed by atoms with Crippen LogP contribution >= 0.6 is 0 Å². The molecule has 0 aliphatic heterocycles. The second-order valence-electron chi connectivity index (χ2n) is 12.9. The van der Waals surface area contributed by atoms with E-state index in [4.69, 9.17) is 19.4 Å². The Kier molecular flexibility index (Phi) is 7.07. The fourth-order valence-corrected chi connectivity index (χ4v) is 7.08. The number of hydrogen-bond acceptors (Lipinski definition) is 4. The van der Waals surface area contributed by atoms with Gasteiger partial charge in [0.1, 0.15) is 5.52 Å². The first kappa shape index (κ1) is 29.8. The molecule has 0 aliphatic rings. The Labute approximate surface area is 300 Å². The lowest BCUT2D eigenvalue weighted by molar-refractivity contribution is 0.620. The number of hydrogen-bond donors (Lipinski definition) is 0. The third kappa shape index (κ3) is 5.24. The van der Waals surface area contributed by atoms with Crippen molar-refractivity contribution in [3.8, 4) is 62.2 Å². The SMILES string of the molecule is c1ccc(-c2cc(-c3ccccc3)nc(-c3ccc(-c4ccc(-n5c6ccccc6c6ccc(-c7nc8ccccc8o7)cc65)cc4)cc3)n2)cc1. The third-order valence-corrected chi connectivity index (χ3v) is 9.68. The van der Waals surface area contributed by atoms with Crippen molar-refractivity contribution in [1.82, 2.24) is 19.5 Å². The van der Waals surface area contributed by atoms with Crippen molar-refractivity contribution in [3.63, 3.8) is 0 Å². The van der Waals surface area contributed by atoms with Gasteiger partial charge in [-0.15, -0.1) is 0 Å². The number of aromatic nitrogens is 4. The topological polar surface area (TPSA) is 56.7 Å². The van der Waals surface area contributed by atoms with Crippen molar-refractivity contribution in [1.29, 1.82) is 0 Å². The Bertz CT molecular complexity index is 2780. The van der Waals surface area contributed by atoms with Gasteiger partial charge in [-0.1, -0.05) is 133 Å². The second kappa shape index (κ2) is 12.3. The van der Waals surface area contributed by atoms with E-state index in [1.807, 2.05) is 60.7 Å². The summed E-state index contributed by atoms with van der Waals surface area (Å²) < 4.78 is 8.47. The normalized spacial score (nSPS) is 11.5. The molecule has 0 radical (unpaired) electrons. The van der Waals surface area contributed by atoms with E-state index in [-0.39, 0.29) is 0 Å². The summed E-state index contributed by atoms with van der Waals surface area (Å²) in [6.45, 7) is 0. The average Bonchev–Trinajstić information content (AvgIpc) is 3.81. The Morgan fingerprint density at radius 2 is 0.942 bits per heavy atom. The van der Waals surface area contributed by atoms with Crippen LogP contribution in [-0.2, 0) is 0 Å². The summed E-state index contributed by atoms with van der Waals surface area (Å²) in [6, 6.07) is 62.8. The number of nitrogens with zero attached hydrogens (tertiary/aromatic N) is 4. The third-order valence-electron chi connectivity index (χ3n) is 9.68. The summed E-state index contributed by atoms with van der Waals surface area (Å²) in [5.74, 6) is 1.32. The van der Waals surface area contributed by atoms with E-state index >= 15 is 0 Å². The van der Waals surface area contributed by atoms with Crippen LogP contribution in [0.25, 0.3) is 95.1 Å². The first-order valence-corrected chi connectivity index (χ1v) is 17.4. The molecular weight excluding hydrogens is 637 g/mol. The maximum atomic E-state index is 6.15. The first-order valence-electron chi connectivity index (χ1n) is 17.4. The van der Waals surface area contributed by atoms with Crippen LogP contribution in [0, 0.1) is 0 Å². The molecule has 5 heteroatoms. The van der Waals surface area contributed by atoms with Gasteiger partial charge >= 0.3 is 0 Å². The minimum Gasteiger partial charge on any atom is -0.436 e. The predicted octanol–water partition coefficient (Wildman–Crippen LogP) is 12.0. The van der Waals surface area contributed by atoms with Gasteiger partial charge in [0.2, 0.25) is 5.89 Å². The van der Waals surface area contributed by atoms with E-state index in [1.165, 1.54) is 10.8 Å². The van der Waals surface area contributed by atoms with Crippen LogP contribution in [0.15, 0.2) is 186 Å². The lowest BCUT2D eigenvalue weighted by Gasteiger charge is -2.11. The smallest absolute Gasteiger partial charge is 0.227 e. The molecule has 0 saturated heterocycles. The number of benzene rings is 7. The van der Waals surface area contributed by atoms with Crippen molar-refractivity contribution in [3.05, 3.63) is 182 Å². The summed E-state index contributed by atoms with van der Waals surface area (Å²) in [6.07, 6.45) is 0. The summed E-state index contributed by atoms with van der Waals surface area (Å²) in [7, 11) is 0. The van der Waals surface area contributed by atoms with Gasteiger partial charge in [-0.2, -0.15) is 0 Å². The Hall–Kier alpha value is -7.11. The zero-order chi connectivity index (χ0) is 34.4. The molecule has 0 bridgehead atoms. The first-order chi connectivity index (χ1) is 25.7. The van der Waals surface area contributed by atoms with Gasteiger partial charge in [0.25, 0.3) is 0 Å². The molecule has 5 nitrogen and oxygen atoms in total. The fraction of sp³-hybridized carbons (Fsp3) is 0. The maximum absolute atomic E-state index is 6.15. The molecular formula is C47H30N4O. The van der Waals surface area contributed by atoms with E-state index in [1.54, 1.807) is 0 Å². The number of oxazole rings is 1. The molecule has 0 N–H and O–H groups in total. The maximum Gasteiger partial charge on any atom is 0.227 e. The quantitative estimate of drug-likeness (QED) is 0.177. The molecule has 0 amide bonds. The zero-order valence-electron chi connectivity index (χ0n) is 28.0. The number of para-hydroxylation sites is 3.